The van der Waals surface area contributed by atoms with Crippen LogP contribution in [0.5, 0.6) is 0 Å². The van der Waals surface area contributed by atoms with E-state index in [2.05, 4.69) is 17.3 Å². The second kappa shape index (κ2) is 7.27. The van der Waals surface area contributed by atoms with Crippen molar-refractivity contribution in [3.05, 3.63) is 16.4 Å². The number of halogens is 1. The van der Waals surface area contributed by atoms with E-state index in [9.17, 15) is 4.79 Å². The highest BCUT2D eigenvalue weighted by atomic mass is 35.5. The molecule has 1 aromatic heterocycles. The fourth-order valence-corrected chi connectivity index (χ4v) is 2.98. The summed E-state index contributed by atoms with van der Waals surface area (Å²) in [5.74, 6) is -0.164. The number of aryl methyl sites for hydroxylation is 2. The number of hydrogen-bond acceptors (Lipinski definition) is 3. The molecule has 2 atom stereocenters. The molecule has 1 N–H and O–H groups in total. The number of unbranched alkanes of at least 4 members (excludes halogenated alkanes) is 1. The van der Waals surface area contributed by atoms with Crippen LogP contribution in [0.2, 0.25) is 5.15 Å². The van der Waals surface area contributed by atoms with Crippen molar-refractivity contribution in [3.63, 3.8) is 0 Å². The Bertz CT molecular complexity index is 495. The third-order valence-electron chi connectivity index (χ3n) is 3.90. The Labute approximate surface area is 131 Å². The summed E-state index contributed by atoms with van der Waals surface area (Å²) >= 11 is 6.31. The number of ether oxygens (including phenoxy) is 1. The lowest BCUT2D eigenvalue weighted by molar-refractivity contribution is 0.0712. The summed E-state index contributed by atoms with van der Waals surface area (Å²) < 4.78 is 7.32. The van der Waals surface area contributed by atoms with Crippen molar-refractivity contribution in [2.24, 2.45) is 0 Å². The molecule has 1 saturated heterocycles. The van der Waals surface area contributed by atoms with Crippen LogP contribution in [0, 0.1) is 6.92 Å². The third-order valence-corrected chi connectivity index (χ3v) is 4.28. The second-order valence-corrected chi connectivity index (χ2v) is 6.00. The molecule has 1 fully saturated rings. The van der Waals surface area contributed by atoms with Crippen molar-refractivity contribution < 1.29 is 9.53 Å². The molecule has 2 rings (SSSR count). The van der Waals surface area contributed by atoms with E-state index in [1.54, 1.807) is 4.68 Å². The Morgan fingerprint density at radius 2 is 2.38 bits per heavy atom. The molecule has 0 spiro atoms. The Balaban J connectivity index is 2.06. The smallest absolute Gasteiger partial charge is 0.256 e. The molecule has 0 aliphatic carbocycles. The minimum atomic E-state index is -0.164. The molecule has 118 valence electrons. The molecule has 5 nitrogen and oxygen atoms in total. The minimum Gasteiger partial charge on any atom is -0.376 e. The number of aromatic nitrogens is 2. The van der Waals surface area contributed by atoms with Crippen LogP contribution < -0.4 is 5.32 Å². The Morgan fingerprint density at radius 1 is 1.62 bits per heavy atom. The van der Waals surface area contributed by atoms with Crippen LogP contribution in [-0.2, 0) is 11.3 Å². The van der Waals surface area contributed by atoms with Crippen LogP contribution in [0.15, 0.2) is 0 Å². The van der Waals surface area contributed by atoms with Gasteiger partial charge in [-0.3, -0.25) is 9.48 Å². The average Bonchev–Trinajstić information content (AvgIpc) is 3.05. The van der Waals surface area contributed by atoms with E-state index in [0.717, 1.165) is 38.8 Å². The van der Waals surface area contributed by atoms with E-state index in [1.165, 1.54) is 0 Å². The molecular formula is C15H24ClN3O2. The molecule has 0 radical (unpaired) electrons. The van der Waals surface area contributed by atoms with Crippen molar-refractivity contribution in [1.82, 2.24) is 15.1 Å². The largest absolute Gasteiger partial charge is 0.376 e. The summed E-state index contributed by atoms with van der Waals surface area (Å²) in [6.45, 7) is 7.42. The van der Waals surface area contributed by atoms with Gasteiger partial charge in [-0.2, -0.15) is 5.10 Å². The van der Waals surface area contributed by atoms with Crippen LogP contribution in [0.1, 0.15) is 55.6 Å². The highest BCUT2D eigenvalue weighted by Crippen LogP contribution is 2.21. The fourth-order valence-electron chi connectivity index (χ4n) is 2.64. The lowest BCUT2D eigenvalue weighted by Gasteiger charge is -2.19. The van der Waals surface area contributed by atoms with Gasteiger partial charge >= 0.3 is 0 Å². The molecule has 1 aliphatic heterocycles. The first-order valence-electron chi connectivity index (χ1n) is 7.70. The normalized spacial score (nSPS) is 19.7. The molecule has 1 aromatic rings. The highest BCUT2D eigenvalue weighted by molar-refractivity contribution is 6.33. The van der Waals surface area contributed by atoms with Crippen molar-refractivity contribution in [1.29, 1.82) is 0 Å². The van der Waals surface area contributed by atoms with Gasteiger partial charge in [-0.25, -0.2) is 0 Å². The molecule has 0 unspecified atom stereocenters. The lowest BCUT2D eigenvalue weighted by Crippen LogP contribution is -2.41. The summed E-state index contributed by atoms with van der Waals surface area (Å²) in [7, 11) is 0. The topological polar surface area (TPSA) is 56.2 Å². The van der Waals surface area contributed by atoms with Crippen molar-refractivity contribution in [2.75, 3.05) is 6.61 Å². The first-order chi connectivity index (χ1) is 10.0. The van der Waals surface area contributed by atoms with Gasteiger partial charge in [-0.15, -0.1) is 0 Å². The molecule has 0 bridgehead atoms. The van der Waals surface area contributed by atoms with Gasteiger partial charge in [0, 0.05) is 13.2 Å². The van der Waals surface area contributed by atoms with Crippen LogP contribution in [0.25, 0.3) is 0 Å². The lowest BCUT2D eigenvalue weighted by atomic mass is 10.1. The second-order valence-electron chi connectivity index (χ2n) is 5.64. The standard InChI is InChI=1S/C15H24ClN3O2/c1-4-5-8-19-14(16)13(11(3)18-19)15(20)17-10(2)12-7-6-9-21-12/h10,12H,4-9H2,1-3H3,(H,17,20)/t10-,12-/m1/s1. The zero-order valence-electron chi connectivity index (χ0n) is 13.0. The minimum absolute atomic E-state index is 0.0190. The van der Waals surface area contributed by atoms with Gasteiger partial charge in [0.25, 0.3) is 5.91 Å². The Kier molecular flexibility index (Phi) is 5.65. The molecule has 1 aliphatic rings. The van der Waals surface area contributed by atoms with Gasteiger partial charge in [0.1, 0.15) is 5.15 Å². The number of nitrogens with zero attached hydrogens (tertiary/aromatic N) is 2. The average molecular weight is 314 g/mol. The number of carbonyl (C=O) groups excluding carboxylic acids is 1. The summed E-state index contributed by atoms with van der Waals surface area (Å²) in [5, 5.41) is 7.78. The van der Waals surface area contributed by atoms with Crippen LogP contribution >= 0.6 is 11.6 Å². The predicted molar refractivity (Wildman–Crippen MR) is 82.8 cm³/mol. The molecule has 0 saturated carbocycles. The van der Waals surface area contributed by atoms with E-state index in [0.29, 0.717) is 16.4 Å². The molecule has 1 amide bonds. The fraction of sp³-hybridized carbons (Fsp3) is 0.733. The first kappa shape index (κ1) is 16.3. The Hall–Kier alpha value is -1.07. The van der Waals surface area contributed by atoms with Crippen LogP contribution in [0.4, 0.5) is 0 Å². The highest BCUT2D eigenvalue weighted by Gasteiger charge is 2.26. The van der Waals surface area contributed by atoms with Gasteiger partial charge < -0.3 is 10.1 Å². The summed E-state index contributed by atoms with van der Waals surface area (Å²) in [6, 6.07) is -0.0190. The van der Waals surface area contributed by atoms with E-state index in [4.69, 9.17) is 16.3 Å². The van der Waals surface area contributed by atoms with Gasteiger partial charge in [0.2, 0.25) is 0 Å². The SMILES string of the molecule is CCCCn1nc(C)c(C(=O)N[C@H](C)[C@H]2CCCO2)c1Cl. The molecule has 0 aromatic carbocycles. The number of rotatable bonds is 6. The number of carbonyl (C=O) groups is 1. The first-order valence-corrected chi connectivity index (χ1v) is 8.07. The molecule has 6 heteroatoms. The summed E-state index contributed by atoms with van der Waals surface area (Å²) in [6.07, 6.45) is 4.20. The van der Waals surface area contributed by atoms with Gasteiger partial charge in [-0.1, -0.05) is 24.9 Å². The number of hydrogen-bond donors (Lipinski definition) is 1. The maximum Gasteiger partial charge on any atom is 0.256 e. The molecule has 2 heterocycles. The van der Waals surface area contributed by atoms with E-state index in [1.807, 2.05) is 13.8 Å². The zero-order chi connectivity index (χ0) is 15.4. The molecule has 21 heavy (non-hydrogen) atoms. The summed E-state index contributed by atoms with van der Waals surface area (Å²) in [5.41, 5.74) is 1.16. The Morgan fingerprint density at radius 3 is 3.00 bits per heavy atom. The van der Waals surface area contributed by atoms with E-state index >= 15 is 0 Å². The quantitative estimate of drug-likeness (QED) is 0.878. The number of amides is 1. The monoisotopic (exact) mass is 313 g/mol. The van der Waals surface area contributed by atoms with Crippen molar-refractivity contribution >= 4 is 17.5 Å². The van der Waals surface area contributed by atoms with Crippen molar-refractivity contribution in [2.45, 2.75) is 65.1 Å². The van der Waals surface area contributed by atoms with Gasteiger partial charge in [0.15, 0.2) is 0 Å². The van der Waals surface area contributed by atoms with E-state index < -0.39 is 0 Å². The van der Waals surface area contributed by atoms with Gasteiger partial charge in [0.05, 0.1) is 23.4 Å². The maximum absolute atomic E-state index is 12.4. The van der Waals surface area contributed by atoms with Crippen LogP contribution in [0.3, 0.4) is 0 Å². The predicted octanol–water partition coefficient (Wildman–Crippen LogP) is 2.94. The maximum atomic E-state index is 12.4. The van der Waals surface area contributed by atoms with Gasteiger partial charge in [-0.05, 0) is 33.1 Å². The molecular weight excluding hydrogens is 290 g/mol. The zero-order valence-corrected chi connectivity index (χ0v) is 13.7. The third kappa shape index (κ3) is 3.77. The summed E-state index contributed by atoms with van der Waals surface area (Å²) in [4.78, 5) is 12.4. The number of nitrogens with one attached hydrogen (secondary N) is 1. The van der Waals surface area contributed by atoms with Crippen LogP contribution in [-0.4, -0.2) is 34.4 Å². The van der Waals surface area contributed by atoms with E-state index in [-0.39, 0.29) is 18.1 Å². The van der Waals surface area contributed by atoms with Crippen molar-refractivity contribution in [3.8, 4) is 0 Å².